The van der Waals surface area contributed by atoms with E-state index in [1.165, 1.54) is 5.56 Å². The standard InChI is InChI=1S/C20H29N3O3/c21-19(22)16-3-1-14(2-4-16)15-7-11-23(12-8-15)17-5-9-20(26,10-6-17)13-18(24)25/h1-4,15,17,26H,5-13H2,(H3,21,22)(H,24,25)/t17-,20-. The van der Waals surface area contributed by atoms with Crippen LogP contribution in [0.3, 0.4) is 0 Å². The van der Waals surface area contributed by atoms with Crippen LogP contribution in [0.25, 0.3) is 0 Å². The van der Waals surface area contributed by atoms with Gasteiger partial charge in [-0.25, -0.2) is 0 Å². The van der Waals surface area contributed by atoms with E-state index in [1.807, 2.05) is 12.1 Å². The van der Waals surface area contributed by atoms with E-state index in [2.05, 4.69) is 17.0 Å². The van der Waals surface area contributed by atoms with Crippen LogP contribution in [0.2, 0.25) is 0 Å². The van der Waals surface area contributed by atoms with E-state index in [0.29, 0.717) is 24.8 Å². The Hall–Kier alpha value is -1.92. The van der Waals surface area contributed by atoms with E-state index in [1.54, 1.807) is 0 Å². The van der Waals surface area contributed by atoms with Gasteiger partial charge < -0.3 is 20.8 Å². The van der Waals surface area contributed by atoms with Crippen LogP contribution in [0.15, 0.2) is 24.3 Å². The minimum Gasteiger partial charge on any atom is -0.481 e. The first-order valence-corrected chi connectivity index (χ1v) is 9.49. The van der Waals surface area contributed by atoms with Gasteiger partial charge in [-0.15, -0.1) is 0 Å². The van der Waals surface area contributed by atoms with Crippen LogP contribution in [0, 0.1) is 5.41 Å². The van der Waals surface area contributed by atoms with Crippen molar-refractivity contribution in [3.8, 4) is 0 Å². The first-order valence-electron chi connectivity index (χ1n) is 9.49. The summed E-state index contributed by atoms with van der Waals surface area (Å²) in [7, 11) is 0. The molecule has 0 radical (unpaired) electrons. The van der Waals surface area contributed by atoms with Gasteiger partial charge in [0, 0.05) is 11.6 Å². The molecule has 0 spiro atoms. The lowest BCUT2D eigenvalue weighted by Crippen LogP contribution is -2.47. The molecule has 1 saturated carbocycles. The fraction of sp³-hybridized carbons (Fsp3) is 0.600. The molecular formula is C20H29N3O3. The summed E-state index contributed by atoms with van der Waals surface area (Å²) in [5.74, 6) is -0.270. The van der Waals surface area contributed by atoms with Crippen molar-refractivity contribution in [3.63, 3.8) is 0 Å². The van der Waals surface area contributed by atoms with Crippen LogP contribution >= 0.6 is 0 Å². The van der Waals surface area contributed by atoms with Crippen molar-refractivity contribution in [1.29, 1.82) is 5.41 Å². The number of amidine groups is 1. The van der Waals surface area contributed by atoms with Crippen molar-refractivity contribution in [2.24, 2.45) is 5.73 Å². The number of nitrogens with zero attached hydrogens (tertiary/aromatic N) is 1. The van der Waals surface area contributed by atoms with E-state index < -0.39 is 11.6 Å². The second kappa shape index (κ2) is 7.76. The van der Waals surface area contributed by atoms with Crippen LogP contribution in [-0.2, 0) is 4.79 Å². The molecule has 6 heteroatoms. The number of nitrogen functional groups attached to an aromatic ring is 1. The summed E-state index contributed by atoms with van der Waals surface area (Å²) < 4.78 is 0. The minimum atomic E-state index is -1.01. The van der Waals surface area contributed by atoms with Crippen molar-refractivity contribution in [1.82, 2.24) is 4.90 Å². The largest absolute Gasteiger partial charge is 0.481 e. The third kappa shape index (κ3) is 4.43. The van der Waals surface area contributed by atoms with Gasteiger partial charge in [0.1, 0.15) is 5.84 Å². The number of carboxylic acid groups (broad SMARTS) is 1. The van der Waals surface area contributed by atoms with Crippen molar-refractivity contribution >= 4 is 11.8 Å². The van der Waals surface area contributed by atoms with Gasteiger partial charge in [-0.3, -0.25) is 10.2 Å². The molecule has 0 aromatic heterocycles. The van der Waals surface area contributed by atoms with Gasteiger partial charge in [0.15, 0.2) is 0 Å². The molecule has 0 bridgehead atoms. The quantitative estimate of drug-likeness (QED) is 0.476. The van der Waals surface area contributed by atoms with Gasteiger partial charge in [-0.1, -0.05) is 24.3 Å². The monoisotopic (exact) mass is 359 g/mol. The number of aliphatic carboxylic acids is 1. The van der Waals surface area contributed by atoms with E-state index in [-0.39, 0.29) is 12.3 Å². The van der Waals surface area contributed by atoms with Crippen molar-refractivity contribution in [3.05, 3.63) is 35.4 Å². The molecule has 3 rings (SSSR count). The van der Waals surface area contributed by atoms with Gasteiger partial charge >= 0.3 is 5.97 Å². The number of hydrogen-bond acceptors (Lipinski definition) is 4. The van der Waals surface area contributed by atoms with Crippen molar-refractivity contribution in [2.45, 2.75) is 62.5 Å². The summed E-state index contributed by atoms with van der Waals surface area (Å²) in [6.07, 6.45) is 4.99. The number of carboxylic acids is 1. The average molecular weight is 359 g/mol. The molecule has 1 aromatic rings. The van der Waals surface area contributed by atoms with Gasteiger partial charge in [0.25, 0.3) is 0 Å². The lowest BCUT2D eigenvalue weighted by molar-refractivity contribution is -0.144. The number of aliphatic hydroxyl groups is 1. The summed E-state index contributed by atoms with van der Waals surface area (Å²) in [5, 5.41) is 26.8. The third-order valence-corrected chi connectivity index (χ3v) is 6.11. The molecule has 0 atom stereocenters. The number of nitrogens with one attached hydrogen (secondary N) is 1. The minimum absolute atomic E-state index is 0.103. The highest BCUT2D eigenvalue weighted by Crippen LogP contribution is 2.36. The lowest BCUT2D eigenvalue weighted by atomic mass is 9.78. The molecule has 142 valence electrons. The first-order chi connectivity index (χ1) is 12.4. The average Bonchev–Trinajstić information content (AvgIpc) is 2.62. The Kier molecular flexibility index (Phi) is 5.63. The number of likely N-dealkylation sites (tertiary alicyclic amines) is 1. The molecule has 1 aromatic carbocycles. The number of piperidine rings is 1. The number of carbonyl (C=O) groups is 1. The van der Waals surface area contributed by atoms with Gasteiger partial charge in [0.2, 0.25) is 0 Å². The molecule has 26 heavy (non-hydrogen) atoms. The van der Waals surface area contributed by atoms with Crippen molar-refractivity contribution < 1.29 is 15.0 Å². The zero-order chi connectivity index (χ0) is 18.7. The van der Waals surface area contributed by atoms with Crippen LogP contribution in [-0.4, -0.2) is 51.7 Å². The fourth-order valence-corrected chi connectivity index (χ4v) is 4.50. The van der Waals surface area contributed by atoms with E-state index in [4.69, 9.17) is 16.2 Å². The molecule has 6 nitrogen and oxygen atoms in total. The number of rotatable bonds is 5. The van der Waals surface area contributed by atoms with Crippen LogP contribution in [0.4, 0.5) is 0 Å². The molecule has 2 aliphatic rings. The second-order valence-electron chi connectivity index (χ2n) is 7.87. The molecule has 0 amide bonds. The third-order valence-electron chi connectivity index (χ3n) is 6.11. The number of hydrogen-bond donors (Lipinski definition) is 4. The van der Waals surface area contributed by atoms with Gasteiger partial charge in [0.05, 0.1) is 12.0 Å². The molecular weight excluding hydrogens is 330 g/mol. The Morgan fingerprint density at radius 3 is 2.23 bits per heavy atom. The highest BCUT2D eigenvalue weighted by Gasteiger charge is 2.37. The maximum absolute atomic E-state index is 10.9. The normalized spacial score (nSPS) is 28.0. The Balaban J connectivity index is 1.50. The Bertz CT molecular complexity index is 643. The number of benzene rings is 1. The van der Waals surface area contributed by atoms with Crippen LogP contribution in [0.5, 0.6) is 0 Å². The summed E-state index contributed by atoms with van der Waals surface area (Å²) in [5.41, 5.74) is 6.58. The summed E-state index contributed by atoms with van der Waals surface area (Å²) >= 11 is 0. The van der Waals surface area contributed by atoms with Crippen molar-refractivity contribution in [2.75, 3.05) is 13.1 Å². The second-order valence-corrected chi connectivity index (χ2v) is 7.87. The predicted molar refractivity (Wildman–Crippen MR) is 100 cm³/mol. The molecule has 1 heterocycles. The van der Waals surface area contributed by atoms with E-state index >= 15 is 0 Å². The molecule has 2 fully saturated rings. The molecule has 0 unspecified atom stereocenters. The fourth-order valence-electron chi connectivity index (χ4n) is 4.50. The summed E-state index contributed by atoms with van der Waals surface area (Å²) in [4.78, 5) is 13.4. The van der Waals surface area contributed by atoms with E-state index in [0.717, 1.165) is 44.3 Å². The number of nitrogens with two attached hydrogens (primary N) is 1. The topological polar surface area (TPSA) is 111 Å². The molecule has 1 saturated heterocycles. The highest BCUT2D eigenvalue weighted by atomic mass is 16.4. The molecule has 5 N–H and O–H groups in total. The first kappa shape index (κ1) is 18.9. The van der Waals surface area contributed by atoms with E-state index in [9.17, 15) is 9.90 Å². The zero-order valence-electron chi connectivity index (χ0n) is 15.2. The van der Waals surface area contributed by atoms with Gasteiger partial charge in [-0.2, -0.15) is 0 Å². The Morgan fingerprint density at radius 1 is 1.15 bits per heavy atom. The van der Waals surface area contributed by atoms with Crippen LogP contribution in [0.1, 0.15) is 62.0 Å². The predicted octanol–water partition coefficient (Wildman–Crippen LogP) is 2.30. The molecule has 1 aliphatic carbocycles. The lowest BCUT2D eigenvalue weighted by Gasteiger charge is -2.43. The van der Waals surface area contributed by atoms with Gasteiger partial charge in [-0.05, 0) is 63.1 Å². The van der Waals surface area contributed by atoms with Crippen LogP contribution < -0.4 is 5.73 Å². The maximum atomic E-state index is 10.9. The smallest absolute Gasteiger partial charge is 0.306 e. The summed E-state index contributed by atoms with van der Waals surface area (Å²) in [6.45, 7) is 2.09. The maximum Gasteiger partial charge on any atom is 0.306 e. The zero-order valence-corrected chi connectivity index (χ0v) is 15.2. The SMILES string of the molecule is N=C(N)c1ccc(C2CCN([C@H]3CC[C@@](O)(CC(=O)O)CC3)CC2)cc1. The highest BCUT2D eigenvalue weighted by molar-refractivity contribution is 5.94. The Morgan fingerprint density at radius 2 is 1.73 bits per heavy atom. The Labute approximate surface area is 154 Å². The molecule has 1 aliphatic heterocycles. The summed E-state index contributed by atoms with van der Waals surface area (Å²) in [6, 6.07) is 8.49.